The van der Waals surface area contributed by atoms with Crippen LogP contribution >= 0.6 is 0 Å². The molecule has 0 spiro atoms. The number of aliphatic hydroxyl groups is 2. The van der Waals surface area contributed by atoms with Gasteiger partial charge in [0.1, 0.15) is 0 Å². The highest BCUT2D eigenvalue weighted by atomic mass is 16.5. The summed E-state index contributed by atoms with van der Waals surface area (Å²) in [5, 5.41) is 23.0. The second-order valence-electron chi connectivity index (χ2n) is 21.0. The Balaban J connectivity index is 3.35. The van der Waals surface area contributed by atoms with Gasteiger partial charge in [-0.2, -0.15) is 0 Å². The minimum absolute atomic E-state index is 0.0162. The summed E-state index contributed by atoms with van der Waals surface area (Å²) in [6.45, 7) is 4.91. The van der Waals surface area contributed by atoms with E-state index in [0.717, 1.165) is 38.5 Å². The van der Waals surface area contributed by atoms with Crippen molar-refractivity contribution in [3.63, 3.8) is 0 Å². The normalized spacial score (nSPS) is 12.6. The van der Waals surface area contributed by atoms with Gasteiger partial charge in [-0.25, -0.2) is 0 Å². The maximum Gasteiger partial charge on any atom is 0.305 e. The number of aliphatic hydroxyl groups excluding tert-OH is 2. The average molecular weight is 947 g/mol. The first kappa shape index (κ1) is 65.6. The Morgan fingerprint density at radius 3 is 1.01 bits per heavy atom. The lowest BCUT2D eigenvalue weighted by Crippen LogP contribution is -2.45. The molecule has 6 heteroatoms. The molecular formula is C61H119NO5. The van der Waals surface area contributed by atoms with Gasteiger partial charge in [0.05, 0.1) is 25.4 Å². The third kappa shape index (κ3) is 53.8. The smallest absolute Gasteiger partial charge is 0.305 e. The molecule has 0 saturated heterocycles. The summed E-state index contributed by atoms with van der Waals surface area (Å²) >= 11 is 0. The first-order valence-corrected chi connectivity index (χ1v) is 30.5. The molecular weight excluding hydrogens is 827 g/mol. The number of allylic oxidation sites excluding steroid dienone is 1. The van der Waals surface area contributed by atoms with Crippen molar-refractivity contribution in [3.05, 3.63) is 12.2 Å². The zero-order valence-electron chi connectivity index (χ0n) is 45.4. The molecule has 0 heterocycles. The summed E-state index contributed by atoms with van der Waals surface area (Å²) in [5.41, 5.74) is 0. The van der Waals surface area contributed by atoms with Crippen molar-refractivity contribution in [2.45, 2.75) is 353 Å². The number of rotatable bonds is 57. The lowest BCUT2D eigenvalue weighted by molar-refractivity contribution is -0.143. The Bertz CT molecular complexity index is 1000. The monoisotopic (exact) mass is 946 g/mol. The van der Waals surface area contributed by atoms with E-state index in [-0.39, 0.29) is 18.5 Å². The third-order valence-electron chi connectivity index (χ3n) is 14.3. The molecule has 0 saturated carbocycles. The molecule has 0 fully saturated rings. The highest BCUT2D eigenvalue weighted by molar-refractivity contribution is 5.76. The molecule has 3 N–H and O–H groups in total. The van der Waals surface area contributed by atoms with Crippen LogP contribution in [0.1, 0.15) is 341 Å². The van der Waals surface area contributed by atoms with Crippen molar-refractivity contribution in [1.29, 1.82) is 0 Å². The second kappa shape index (κ2) is 57.2. The van der Waals surface area contributed by atoms with Gasteiger partial charge in [-0.3, -0.25) is 9.59 Å². The van der Waals surface area contributed by atoms with Crippen LogP contribution in [0.25, 0.3) is 0 Å². The van der Waals surface area contributed by atoms with Gasteiger partial charge in [0.25, 0.3) is 0 Å². The van der Waals surface area contributed by atoms with Crippen molar-refractivity contribution < 1.29 is 24.5 Å². The van der Waals surface area contributed by atoms with Crippen molar-refractivity contribution in [2.24, 2.45) is 0 Å². The first-order valence-electron chi connectivity index (χ1n) is 30.5. The average Bonchev–Trinajstić information content (AvgIpc) is 3.33. The van der Waals surface area contributed by atoms with E-state index >= 15 is 0 Å². The van der Waals surface area contributed by atoms with Crippen LogP contribution in [0.15, 0.2) is 12.2 Å². The van der Waals surface area contributed by atoms with Crippen molar-refractivity contribution in [3.8, 4) is 0 Å². The Labute approximate surface area is 419 Å². The molecule has 6 nitrogen and oxygen atoms in total. The van der Waals surface area contributed by atoms with Crippen LogP contribution in [-0.2, 0) is 14.3 Å². The van der Waals surface area contributed by atoms with E-state index < -0.39 is 12.1 Å². The zero-order valence-corrected chi connectivity index (χ0v) is 45.4. The number of nitrogens with one attached hydrogen (secondary N) is 1. The van der Waals surface area contributed by atoms with Gasteiger partial charge < -0.3 is 20.3 Å². The van der Waals surface area contributed by atoms with Gasteiger partial charge in [0.2, 0.25) is 5.91 Å². The highest BCUT2D eigenvalue weighted by Gasteiger charge is 2.18. The molecule has 0 aliphatic carbocycles. The molecule has 67 heavy (non-hydrogen) atoms. The van der Waals surface area contributed by atoms with Crippen LogP contribution in [0.4, 0.5) is 0 Å². The van der Waals surface area contributed by atoms with Crippen molar-refractivity contribution >= 4 is 11.9 Å². The van der Waals surface area contributed by atoms with Gasteiger partial charge in [-0.05, 0) is 32.1 Å². The van der Waals surface area contributed by atoms with Crippen LogP contribution < -0.4 is 5.32 Å². The van der Waals surface area contributed by atoms with Crippen LogP contribution in [0.3, 0.4) is 0 Å². The molecule has 398 valence electrons. The molecule has 0 aromatic rings. The molecule has 0 bridgehead atoms. The number of ether oxygens (including phenoxy) is 1. The molecule has 0 aromatic carbocycles. The predicted molar refractivity (Wildman–Crippen MR) is 292 cm³/mol. The molecule has 0 rings (SSSR count). The minimum Gasteiger partial charge on any atom is -0.466 e. The summed E-state index contributed by atoms with van der Waals surface area (Å²) in [6.07, 6.45) is 68.2. The van der Waals surface area contributed by atoms with Crippen LogP contribution in [0, 0.1) is 0 Å². The van der Waals surface area contributed by atoms with E-state index in [2.05, 4.69) is 19.2 Å². The summed E-state index contributed by atoms with van der Waals surface area (Å²) in [5.74, 6) is -0.0525. The Morgan fingerprint density at radius 2 is 0.687 bits per heavy atom. The van der Waals surface area contributed by atoms with E-state index in [9.17, 15) is 19.8 Å². The van der Waals surface area contributed by atoms with Crippen LogP contribution in [0.2, 0.25) is 0 Å². The van der Waals surface area contributed by atoms with Crippen molar-refractivity contribution in [2.75, 3.05) is 13.2 Å². The number of unbranched alkanes of at least 4 members (excludes halogenated alkanes) is 46. The zero-order chi connectivity index (χ0) is 48.6. The Hall–Kier alpha value is -1.40. The maximum atomic E-state index is 12.4. The van der Waals surface area contributed by atoms with Gasteiger partial charge in [-0.1, -0.05) is 309 Å². The summed E-state index contributed by atoms with van der Waals surface area (Å²) in [4.78, 5) is 24.5. The van der Waals surface area contributed by atoms with Crippen LogP contribution in [-0.4, -0.2) is 47.4 Å². The Kier molecular flexibility index (Phi) is 56.0. The molecule has 1 amide bonds. The molecule has 0 aliphatic heterocycles. The van der Waals surface area contributed by atoms with Gasteiger partial charge in [0, 0.05) is 12.8 Å². The number of carbonyl (C=O) groups is 2. The molecule has 0 aromatic heterocycles. The van der Waals surface area contributed by atoms with Gasteiger partial charge in [-0.15, -0.1) is 0 Å². The fourth-order valence-corrected chi connectivity index (χ4v) is 9.64. The summed E-state index contributed by atoms with van der Waals surface area (Å²) in [6, 6.07) is -0.626. The molecule has 0 radical (unpaired) electrons. The van der Waals surface area contributed by atoms with Crippen LogP contribution in [0.5, 0.6) is 0 Å². The number of esters is 1. The lowest BCUT2D eigenvalue weighted by atomic mass is 10.0. The first-order chi connectivity index (χ1) is 33.0. The van der Waals surface area contributed by atoms with E-state index in [0.29, 0.717) is 19.4 Å². The standard InChI is InChI=1S/C61H119NO5/c1-3-5-7-9-11-13-15-16-17-18-25-28-31-35-39-43-47-51-55-61(66)67-56-52-48-44-40-36-32-29-26-23-21-19-20-22-24-27-30-34-38-42-46-50-54-60(65)62-58(57-63)59(64)53-49-45-41-37-33-14-12-10-8-6-4-2/h49,53,58-59,63-64H,3-48,50-52,54-57H2,1-2H3,(H,62,65)/b53-49+. The highest BCUT2D eigenvalue weighted by Crippen LogP contribution is 2.18. The number of hydrogen-bond acceptors (Lipinski definition) is 5. The lowest BCUT2D eigenvalue weighted by Gasteiger charge is -2.20. The fourth-order valence-electron chi connectivity index (χ4n) is 9.64. The number of hydrogen-bond donors (Lipinski definition) is 3. The van der Waals surface area contributed by atoms with Gasteiger partial charge in [0.15, 0.2) is 0 Å². The largest absolute Gasteiger partial charge is 0.466 e. The maximum absolute atomic E-state index is 12.4. The summed E-state index contributed by atoms with van der Waals surface area (Å²) in [7, 11) is 0. The van der Waals surface area contributed by atoms with Crippen molar-refractivity contribution in [1.82, 2.24) is 5.32 Å². The van der Waals surface area contributed by atoms with Gasteiger partial charge >= 0.3 is 5.97 Å². The minimum atomic E-state index is -0.843. The van der Waals surface area contributed by atoms with E-state index in [1.165, 1.54) is 276 Å². The summed E-state index contributed by atoms with van der Waals surface area (Å²) < 4.78 is 5.50. The number of amides is 1. The second-order valence-corrected chi connectivity index (χ2v) is 21.0. The molecule has 2 unspecified atom stereocenters. The Morgan fingerprint density at radius 1 is 0.403 bits per heavy atom. The fraction of sp³-hybridized carbons (Fsp3) is 0.934. The SMILES string of the molecule is CCCCCCCCCCC/C=C/C(O)C(CO)NC(=O)CCCCCCCCCCCCCCCCCCCCCCCOC(=O)CCCCCCCCCCCCCCCCCCCC. The molecule has 0 aliphatic rings. The van der Waals surface area contributed by atoms with E-state index in [4.69, 9.17) is 4.74 Å². The van der Waals surface area contributed by atoms with E-state index in [1.807, 2.05) is 6.08 Å². The third-order valence-corrected chi connectivity index (χ3v) is 14.3. The van der Waals surface area contributed by atoms with E-state index in [1.54, 1.807) is 6.08 Å². The predicted octanol–water partition coefficient (Wildman–Crippen LogP) is 18.9. The quantitative estimate of drug-likeness (QED) is 0.0321. The number of carbonyl (C=O) groups excluding carboxylic acids is 2. The molecule has 2 atom stereocenters. The topological polar surface area (TPSA) is 95.9 Å².